The van der Waals surface area contributed by atoms with Crippen LogP contribution in [-0.4, -0.2) is 22.6 Å². The van der Waals surface area contributed by atoms with E-state index in [1.165, 1.54) is 0 Å². The van der Waals surface area contributed by atoms with E-state index in [9.17, 15) is 9.59 Å². The number of aliphatic carboxylic acids is 1. The molecular formula is C16H22N2O3. The van der Waals surface area contributed by atoms with Crippen LogP contribution in [0.3, 0.4) is 0 Å². The van der Waals surface area contributed by atoms with Crippen LogP contribution in [-0.2, 0) is 11.2 Å². The summed E-state index contributed by atoms with van der Waals surface area (Å²) in [6.45, 7) is 4.07. The van der Waals surface area contributed by atoms with Crippen LogP contribution in [0.1, 0.15) is 38.7 Å². The molecule has 0 saturated heterocycles. The predicted octanol–water partition coefficient (Wildman–Crippen LogP) is 3.01. The van der Waals surface area contributed by atoms with Crippen LogP contribution in [0.4, 0.5) is 10.5 Å². The number of nitrogens with one attached hydrogen (secondary N) is 2. The molecule has 1 aromatic rings. The molecule has 1 aliphatic carbocycles. The Hall–Kier alpha value is -2.04. The summed E-state index contributed by atoms with van der Waals surface area (Å²) in [6, 6.07) is 7.07. The Morgan fingerprint density at radius 2 is 2.05 bits per heavy atom. The minimum Gasteiger partial charge on any atom is -0.481 e. The molecule has 0 unspecified atom stereocenters. The van der Waals surface area contributed by atoms with Crippen molar-refractivity contribution in [2.45, 2.75) is 45.1 Å². The maximum absolute atomic E-state index is 12.0. The van der Waals surface area contributed by atoms with Gasteiger partial charge in [0.15, 0.2) is 0 Å². The second-order valence-corrected chi connectivity index (χ2v) is 6.17. The Balaban J connectivity index is 1.91. The van der Waals surface area contributed by atoms with E-state index < -0.39 is 5.97 Å². The molecule has 2 rings (SSSR count). The molecule has 5 heteroatoms. The van der Waals surface area contributed by atoms with Crippen molar-refractivity contribution in [2.75, 3.05) is 5.32 Å². The molecule has 2 amide bonds. The molecule has 0 spiro atoms. The van der Waals surface area contributed by atoms with Gasteiger partial charge in [-0.25, -0.2) is 4.79 Å². The van der Waals surface area contributed by atoms with Crippen molar-refractivity contribution in [3.63, 3.8) is 0 Å². The number of carbonyl (C=O) groups is 2. The van der Waals surface area contributed by atoms with Gasteiger partial charge in [0, 0.05) is 17.6 Å². The molecule has 1 saturated carbocycles. The van der Waals surface area contributed by atoms with Crippen molar-refractivity contribution < 1.29 is 14.7 Å². The normalized spacial score (nSPS) is 14.6. The fourth-order valence-electron chi connectivity index (χ4n) is 2.42. The number of anilines is 1. The number of benzene rings is 1. The third-order valence-corrected chi connectivity index (χ3v) is 3.85. The van der Waals surface area contributed by atoms with Gasteiger partial charge in [-0.05, 0) is 56.7 Å². The number of carboxylic acids is 1. The van der Waals surface area contributed by atoms with Crippen molar-refractivity contribution in [2.24, 2.45) is 5.92 Å². The van der Waals surface area contributed by atoms with E-state index in [2.05, 4.69) is 10.6 Å². The Morgan fingerprint density at radius 3 is 2.67 bits per heavy atom. The number of rotatable bonds is 6. The molecule has 0 heterocycles. The van der Waals surface area contributed by atoms with E-state index in [1.54, 1.807) is 6.07 Å². The number of urea groups is 1. The molecule has 0 atom stereocenters. The number of carbonyl (C=O) groups excluding carboxylic acids is 1. The van der Waals surface area contributed by atoms with Gasteiger partial charge in [-0.1, -0.05) is 12.1 Å². The first kappa shape index (κ1) is 15.4. The number of carboxylic acid groups (broad SMARTS) is 1. The lowest BCUT2D eigenvalue weighted by Gasteiger charge is -2.26. The average Bonchev–Trinajstić information content (AvgIpc) is 3.20. The predicted molar refractivity (Wildman–Crippen MR) is 81.4 cm³/mol. The van der Waals surface area contributed by atoms with Crippen LogP contribution in [0, 0.1) is 5.92 Å². The van der Waals surface area contributed by atoms with Gasteiger partial charge in [0.1, 0.15) is 0 Å². The minimum atomic E-state index is -0.822. The highest BCUT2D eigenvalue weighted by molar-refractivity contribution is 5.89. The summed E-state index contributed by atoms with van der Waals surface area (Å²) in [5, 5.41) is 14.5. The molecule has 0 radical (unpaired) electrons. The maximum Gasteiger partial charge on any atom is 0.319 e. The lowest BCUT2D eigenvalue weighted by Crippen LogP contribution is -2.47. The van der Waals surface area contributed by atoms with E-state index in [1.807, 2.05) is 32.0 Å². The van der Waals surface area contributed by atoms with Gasteiger partial charge in [-0.3, -0.25) is 4.79 Å². The minimum absolute atomic E-state index is 0.0877. The van der Waals surface area contributed by atoms with Crippen LogP contribution >= 0.6 is 0 Å². The molecular weight excluding hydrogens is 268 g/mol. The van der Waals surface area contributed by atoms with E-state index >= 15 is 0 Å². The Labute approximate surface area is 124 Å². The zero-order valence-corrected chi connectivity index (χ0v) is 12.5. The zero-order valence-electron chi connectivity index (χ0n) is 12.5. The van der Waals surface area contributed by atoms with Crippen LogP contribution < -0.4 is 10.6 Å². The largest absolute Gasteiger partial charge is 0.481 e. The third kappa shape index (κ3) is 4.77. The van der Waals surface area contributed by atoms with Gasteiger partial charge in [-0.15, -0.1) is 0 Å². The zero-order chi connectivity index (χ0) is 15.5. The number of amides is 2. The molecule has 21 heavy (non-hydrogen) atoms. The van der Waals surface area contributed by atoms with Crippen molar-refractivity contribution in [1.82, 2.24) is 5.32 Å². The maximum atomic E-state index is 12.0. The van der Waals surface area contributed by atoms with E-state index in [0.29, 0.717) is 18.0 Å². The molecule has 0 bridgehead atoms. The molecule has 3 N–H and O–H groups in total. The summed E-state index contributed by atoms with van der Waals surface area (Å²) in [6.07, 6.45) is 2.88. The Morgan fingerprint density at radius 1 is 1.33 bits per heavy atom. The lowest BCUT2D eigenvalue weighted by molar-refractivity contribution is -0.136. The smallest absolute Gasteiger partial charge is 0.319 e. The van der Waals surface area contributed by atoms with Gasteiger partial charge in [0.05, 0.1) is 0 Å². The fraction of sp³-hybridized carbons (Fsp3) is 0.500. The summed E-state index contributed by atoms with van der Waals surface area (Å²) >= 11 is 0. The second-order valence-electron chi connectivity index (χ2n) is 6.17. The quantitative estimate of drug-likeness (QED) is 0.753. The van der Waals surface area contributed by atoms with Gasteiger partial charge in [0.25, 0.3) is 0 Å². The standard InChI is InChI=1S/C16H22N2O3/c1-16(2,12-7-8-12)18-15(21)17-13-5-3-4-11(10-13)6-9-14(19)20/h3-5,10,12H,6-9H2,1-2H3,(H,19,20)(H2,17,18,21). The molecule has 5 nitrogen and oxygen atoms in total. The fourth-order valence-corrected chi connectivity index (χ4v) is 2.42. The van der Waals surface area contributed by atoms with Gasteiger partial charge < -0.3 is 15.7 Å². The first-order valence-corrected chi connectivity index (χ1v) is 7.27. The second kappa shape index (κ2) is 6.16. The summed E-state index contributed by atoms with van der Waals surface area (Å²) in [5.74, 6) is -0.262. The highest BCUT2D eigenvalue weighted by Crippen LogP contribution is 2.39. The molecule has 1 aliphatic rings. The number of hydrogen-bond donors (Lipinski definition) is 3. The van der Waals surface area contributed by atoms with Crippen LogP contribution in [0.5, 0.6) is 0 Å². The highest BCUT2D eigenvalue weighted by atomic mass is 16.4. The highest BCUT2D eigenvalue weighted by Gasteiger charge is 2.38. The van der Waals surface area contributed by atoms with Gasteiger partial charge in [0.2, 0.25) is 0 Å². The summed E-state index contributed by atoms with van der Waals surface area (Å²) in [7, 11) is 0. The molecule has 0 aliphatic heterocycles. The molecule has 1 fully saturated rings. The van der Waals surface area contributed by atoms with Crippen molar-refractivity contribution in [3.05, 3.63) is 29.8 Å². The van der Waals surface area contributed by atoms with Crippen molar-refractivity contribution in [3.8, 4) is 0 Å². The monoisotopic (exact) mass is 290 g/mol. The van der Waals surface area contributed by atoms with E-state index in [4.69, 9.17) is 5.11 Å². The number of hydrogen-bond acceptors (Lipinski definition) is 2. The first-order chi connectivity index (χ1) is 9.87. The van der Waals surface area contributed by atoms with E-state index in [0.717, 1.165) is 18.4 Å². The number of aryl methyl sites for hydroxylation is 1. The van der Waals surface area contributed by atoms with Crippen LogP contribution in [0.2, 0.25) is 0 Å². The van der Waals surface area contributed by atoms with Crippen molar-refractivity contribution in [1.29, 1.82) is 0 Å². The van der Waals surface area contributed by atoms with Gasteiger partial charge >= 0.3 is 12.0 Å². The van der Waals surface area contributed by atoms with Gasteiger partial charge in [-0.2, -0.15) is 0 Å². The summed E-state index contributed by atoms with van der Waals surface area (Å²) < 4.78 is 0. The van der Waals surface area contributed by atoms with Crippen molar-refractivity contribution >= 4 is 17.7 Å². The third-order valence-electron chi connectivity index (χ3n) is 3.85. The Bertz CT molecular complexity index is 536. The van der Waals surface area contributed by atoms with Crippen LogP contribution in [0.15, 0.2) is 24.3 Å². The summed E-state index contributed by atoms with van der Waals surface area (Å²) in [5.41, 5.74) is 1.39. The van der Waals surface area contributed by atoms with E-state index in [-0.39, 0.29) is 18.0 Å². The molecule has 0 aromatic heterocycles. The summed E-state index contributed by atoms with van der Waals surface area (Å²) in [4.78, 5) is 22.6. The first-order valence-electron chi connectivity index (χ1n) is 7.27. The Kier molecular flexibility index (Phi) is 4.50. The topological polar surface area (TPSA) is 78.4 Å². The average molecular weight is 290 g/mol. The lowest BCUT2D eigenvalue weighted by atomic mass is 9.99. The molecule has 114 valence electrons. The SMILES string of the molecule is CC(C)(NC(=O)Nc1cccc(CCC(=O)O)c1)C1CC1. The molecule has 1 aromatic carbocycles. The van der Waals surface area contributed by atoms with Crippen LogP contribution in [0.25, 0.3) is 0 Å².